The van der Waals surface area contributed by atoms with E-state index in [9.17, 15) is 14.7 Å². The van der Waals surface area contributed by atoms with Crippen molar-refractivity contribution in [1.82, 2.24) is 0 Å². The number of hydrogen-bond acceptors (Lipinski definition) is 9. The van der Waals surface area contributed by atoms with Gasteiger partial charge in [0.05, 0.1) is 37.6 Å². The van der Waals surface area contributed by atoms with Crippen LogP contribution in [0.15, 0.2) is 42.5 Å². The molecule has 0 amide bonds. The molecule has 2 rings (SSSR count). The Morgan fingerprint density at radius 3 is 2.20 bits per heavy atom. The fourth-order valence-electron chi connectivity index (χ4n) is 6.53. The minimum atomic E-state index is -2.29. The molecule has 310 valence electrons. The smallest absolute Gasteiger partial charge is 0.330 e. The first-order valence-electron chi connectivity index (χ1n) is 20.1. The number of esters is 1. The number of benzene rings is 1. The molecule has 54 heavy (non-hydrogen) atoms. The second-order valence-electron chi connectivity index (χ2n) is 18.9. The number of Topliss-reactive ketones (excluding diaryl/α,β-unsaturated/α-hetero) is 1. The second-order valence-corrected chi connectivity index (χ2v) is 28.5. The van der Waals surface area contributed by atoms with Gasteiger partial charge in [-0.25, -0.2) is 4.79 Å². The first-order chi connectivity index (χ1) is 24.9. The predicted octanol–water partition coefficient (Wildman–Crippen LogP) is 9.63. The summed E-state index contributed by atoms with van der Waals surface area (Å²) in [6, 6.07) is 9.82. The van der Waals surface area contributed by atoms with Gasteiger partial charge in [0.25, 0.3) is 0 Å². The van der Waals surface area contributed by atoms with Gasteiger partial charge in [-0.3, -0.25) is 4.79 Å². The van der Waals surface area contributed by atoms with E-state index in [1.807, 2.05) is 37.3 Å². The van der Waals surface area contributed by atoms with Crippen molar-refractivity contribution in [1.29, 1.82) is 0 Å². The van der Waals surface area contributed by atoms with Gasteiger partial charge in [0.15, 0.2) is 16.6 Å². The van der Waals surface area contributed by atoms with Crippen LogP contribution in [0, 0.1) is 17.8 Å². The van der Waals surface area contributed by atoms with Crippen LogP contribution in [-0.2, 0) is 44.0 Å². The second kappa shape index (κ2) is 20.6. The van der Waals surface area contributed by atoms with Crippen molar-refractivity contribution in [2.75, 3.05) is 20.5 Å². The number of aliphatic hydroxyl groups is 1. The zero-order valence-electron chi connectivity index (χ0n) is 36.5. The van der Waals surface area contributed by atoms with Gasteiger partial charge >= 0.3 is 5.97 Å². The van der Waals surface area contributed by atoms with Gasteiger partial charge in [-0.1, -0.05) is 105 Å². The standard InChI is InChI=1S/C43H76O9Si2/c1-16-21-34(29-50-53(12,13)41(4,5)6)36(52-54(14,15)42(7,8)9)26-35(44)32(3)38(46)40(49-30-48-28-33-22-18-17-19-23-33)39-31(2)27-43(10,51-39)25-20-24-37(45)47-11/h17-20,22-24,31-32,34,36,38-40,46H,16,21,25-30H2,1-15H3/b24-20+/t31-,32-,34-,36+,38-,39+,40+,43-/m0/s1. The first-order valence-corrected chi connectivity index (χ1v) is 25.9. The van der Waals surface area contributed by atoms with E-state index in [1.165, 1.54) is 13.2 Å². The summed E-state index contributed by atoms with van der Waals surface area (Å²) in [4.78, 5) is 26.2. The number of methoxy groups -OCH3 is 1. The molecular weight excluding hydrogens is 717 g/mol. The predicted molar refractivity (Wildman–Crippen MR) is 222 cm³/mol. The molecule has 1 fully saturated rings. The van der Waals surface area contributed by atoms with Crippen LogP contribution in [0.2, 0.25) is 36.3 Å². The summed E-state index contributed by atoms with van der Waals surface area (Å²) in [5, 5.41) is 12.1. The summed E-state index contributed by atoms with van der Waals surface area (Å²) >= 11 is 0. The molecule has 1 aliphatic rings. The largest absolute Gasteiger partial charge is 0.466 e. The molecule has 0 bridgehead atoms. The molecule has 0 saturated carbocycles. The number of aliphatic hydroxyl groups excluding tert-OH is 1. The van der Waals surface area contributed by atoms with Gasteiger partial charge in [-0.15, -0.1) is 0 Å². The molecule has 11 heteroatoms. The van der Waals surface area contributed by atoms with Crippen molar-refractivity contribution >= 4 is 28.4 Å². The summed E-state index contributed by atoms with van der Waals surface area (Å²) in [5.41, 5.74) is 0.400. The summed E-state index contributed by atoms with van der Waals surface area (Å²) in [7, 11) is -3.01. The van der Waals surface area contributed by atoms with Crippen molar-refractivity contribution in [2.24, 2.45) is 17.8 Å². The van der Waals surface area contributed by atoms with Gasteiger partial charge in [-0.2, -0.15) is 0 Å². The van der Waals surface area contributed by atoms with Crippen LogP contribution in [0.25, 0.3) is 0 Å². The van der Waals surface area contributed by atoms with Crippen LogP contribution in [-0.4, -0.2) is 84.0 Å². The van der Waals surface area contributed by atoms with Gasteiger partial charge in [0.1, 0.15) is 18.7 Å². The van der Waals surface area contributed by atoms with Crippen molar-refractivity contribution in [3.8, 4) is 0 Å². The monoisotopic (exact) mass is 793 g/mol. The number of carbonyl (C=O) groups is 2. The third-order valence-corrected chi connectivity index (χ3v) is 21.2. The molecule has 1 aliphatic heterocycles. The summed E-state index contributed by atoms with van der Waals surface area (Å²) in [5.74, 6) is -1.24. The van der Waals surface area contributed by atoms with Gasteiger partial charge in [-0.05, 0) is 73.9 Å². The molecule has 1 N–H and O–H groups in total. The molecule has 8 atom stereocenters. The van der Waals surface area contributed by atoms with Crippen LogP contribution in [0.5, 0.6) is 0 Å². The zero-order chi connectivity index (χ0) is 41.1. The van der Waals surface area contributed by atoms with E-state index in [0.717, 1.165) is 18.4 Å². The molecular formula is C43H76O9Si2. The van der Waals surface area contributed by atoms with Crippen molar-refractivity contribution < 1.29 is 42.5 Å². The van der Waals surface area contributed by atoms with Crippen LogP contribution >= 0.6 is 0 Å². The highest BCUT2D eigenvalue weighted by molar-refractivity contribution is 6.74. The molecule has 9 nitrogen and oxygen atoms in total. The molecule has 0 radical (unpaired) electrons. The lowest BCUT2D eigenvalue weighted by Gasteiger charge is -2.43. The van der Waals surface area contributed by atoms with Gasteiger partial charge in [0, 0.05) is 30.9 Å². The Hall–Kier alpha value is -1.71. The first kappa shape index (κ1) is 48.4. The topological polar surface area (TPSA) is 110 Å². The molecule has 0 aliphatic carbocycles. The highest BCUT2D eigenvalue weighted by Gasteiger charge is 2.49. The average molecular weight is 793 g/mol. The van der Waals surface area contributed by atoms with E-state index in [4.69, 9.17) is 27.8 Å². The van der Waals surface area contributed by atoms with E-state index >= 15 is 0 Å². The lowest BCUT2D eigenvalue weighted by Crippen LogP contribution is -2.50. The molecule has 0 unspecified atom stereocenters. The molecule has 1 aromatic rings. The maximum atomic E-state index is 14.4. The number of rotatable bonds is 22. The minimum absolute atomic E-state index is 0.00584. The maximum Gasteiger partial charge on any atom is 0.330 e. The van der Waals surface area contributed by atoms with Crippen molar-refractivity contribution in [3.05, 3.63) is 48.0 Å². The molecule has 1 saturated heterocycles. The quantitative estimate of drug-likeness (QED) is 0.0404. The normalized spacial score (nSPS) is 22.9. The third kappa shape index (κ3) is 14.3. The highest BCUT2D eigenvalue weighted by Crippen LogP contribution is 2.43. The van der Waals surface area contributed by atoms with Crippen molar-refractivity contribution in [3.63, 3.8) is 0 Å². The molecule has 1 heterocycles. The third-order valence-electron chi connectivity index (χ3n) is 12.2. The summed E-state index contributed by atoms with van der Waals surface area (Å²) in [6.45, 7) is 31.2. The molecule has 1 aromatic carbocycles. The Morgan fingerprint density at radius 1 is 1.04 bits per heavy atom. The van der Waals surface area contributed by atoms with Gasteiger partial charge < -0.3 is 32.9 Å². The van der Waals surface area contributed by atoms with Crippen molar-refractivity contribution in [2.45, 2.75) is 174 Å². The minimum Gasteiger partial charge on any atom is -0.466 e. The highest BCUT2D eigenvalue weighted by atomic mass is 28.4. The van der Waals surface area contributed by atoms with E-state index in [1.54, 1.807) is 13.0 Å². The molecule has 0 aromatic heterocycles. The van der Waals surface area contributed by atoms with Crippen LogP contribution in [0.4, 0.5) is 0 Å². The summed E-state index contributed by atoms with van der Waals surface area (Å²) < 4.78 is 37.6. The lowest BCUT2D eigenvalue weighted by molar-refractivity contribution is -0.193. The van der Waals surface area contributed by atoms with Crippen LogP contribution < -0.4 is 0 Å². The lowest BCUT2D eigenvalue weighted by atomic mass is 9.84. The Labute approximate surface area is 330 Å². The summed E-state index contributed by atoms with van der Waals surface area (Å²) in [6.07, 6.45) is 3.43. The van der Waals surface area contributed by atoms with Crippen LogP contribution in [0.1, 0.15) is 107 Å². The average Bonchev–Trinajstić information content (AvgIpc) is 3.37. The number of carbonyl (C=O) groups excluding carboxylic acids is 2. The fraction of sp³-hybridized carbons (Fsp3) is 0.767. The molecule has 0 spiro atoms. The number of ketones is 1. The Bertz CT molecular complexity index is 1320. The number of ether oxygens (including phenoxy) is 4. The van der Waals surface area contributed by atoms with Gasteiger partial charge in [0.2, 0.25) is 0 Å². The van der Waals surface area contributed by atoms with E-state index in [0.29, 0.717) is 26.1 Å². The maximum absolute atomic E-state index is 14.4. The number of hydrogen-bond donors (Lipinski definition) is 1. The van der Waals surface area contributed by atoms with E-state index in [-0.39, 0.29) is 47.0 Å². The Morgan fingerprint density at radius 2 is 1.65 bits per heavy atom. The Balaban J connectivity index is 2.39. The fourth-order valence-corrected chi connectivity index (χ4v) is 8.98. The SMILES string of the molecule is CCC[C@@H](CO[Si](C)(C)C(C)(C)C)[C@@H](CC(=O)[C@H](C)[C@H](O)[C@@H](OCOCc1ccccc1)[C@@H]1O[C@@](C)(C/C=C/C(=O)OC)C[C@@H]1C)O[Si](C)(C)C(C)(C)C. The Kier molecular flexibility index (Phi) is 18.5. The van der Waals surface area contributed by atoms with E-state index in [2.05, 4.69) is 81.6 Å². The van der Waals surface area contributed by atoms with Crippen LogP contribution in [0.3, 0.4) is 0 Å². The zero-order valence-corrected chi connectivity index (χ0v) is 38.5. The van der Waals surface area contributed by atoms with E-state index < -0.39 is 52.4 Å².